The van der Waals surface area contributed by atoms with Crippen molar-refractivity contribution in [1.82, 2.24) is 5.32 Å². The molecule has 1 fully saturated rings. The van der Waals surface area contributed by atoms with Crippen molar-refractivity contribution in [2.75, 3.05) is 17.2 Å². The van der Waals surface area contributed by atoms with E-state index < -0.39 is 0 Å². The van der Waals surface area contributed by atoms with Gasteiger partial charge >= 0.3 is 0 Å². The monoisotopic (exact) mass is 222 g/mol. The van der Waals surface area contributed by atoms with Gasteiger partial charge in [0.15, 0.2) is 0 Å². The number of para-hydroxylation sites is 1. The van der Waals surface area contributed by atoms with Crippen LogP contribution >= 0.6 is 11.8 Å². The summed E-state index contributed by atoms with van der Waals surface area (Å²) in [5.41, 5.74) is 8.00. The van der Waals surface area contributed by atoms with Crippen molar-refractivity contribution >= 4 is 17.4 Å². The number of thioether (sulfide) groups is 1. The van der Waals surface area contributed by atoms with Crippen molar-refractivity contribution in [3.8, 4) is 0 Å². The average Bonchev–Trinajstić information content (AvgIpc) is 2.29. The lowest BCUT2D eigenvalue weighted by atomic mass is 10.1. The van der Waals surface area contributed by atoms with Crippen LogP contribution in [0.2, 0.25) is 0 Å². The molecule has 0 saturated carbocycles. The number of nitrogen functional groups attached to an aromatic ring is 1. The lowest BCUT2D eigenvalue weighted by Gasteiger charge is -2.22. The highest BCUT2D eigenvalue weighted by Crippen LogP contribution is 2.18. The lowest BCUT2D eigenvalue weighted by molar-refractivity contribution is 0.508. The number of rotatable bonds is 3. The summed E-state index contributed by atoms with van der Waals surface area (Å²) < 4.78 is 0. The van der Waals surface area contributed by atoms with E-state index in [0.717, 1.165) is 12.2 Å². The summed E-state index contributed by atoms with van der Waals surface area (Å²) in [6.07, 6.45) is 2.65. The molecular weight excluding hydrogens is 204 g/mol. The number of benzene rings is 1. The van der Waals surface area contributed by atoms with Crippen LogP contribution in [0, 0.1) is 0 Å². The number of nitrogens with two attached hydrogens (primary N) is 1. The fourth-order valence-corrected chi connectivity index (χ4v) is 2.96. The zero-order chi connectivity index (χ0) is 10.5. The van der Waals surface area contributed by atoms with E-state index in [-0.39, 0.29) is 0 Å². The van der Waals surface area contributed by atoms with Gasteiger partial charge in [-0.15, -0.1) is 0 Å². The predicted octanol–water partition coefficient (Wildman–Crippen LogP) is 2.25. The fraction of sp³-hybridized carbons (Fsp3) is 0.500. The van der Waals surface area contributed by atoms with Gasteiger partial charge in [0.25, 0.3) is 0 Å². The third-order valence-corrected chi connectivity index (χ3v) is 4.01. The highest BCUT2D eigenvalue weighted by atomic mass is 32.2. The Balaban J connectivity index is 1.84. The van der Waals surface area contributed by atoms with E-state index >= 15 is 0 Å². The molecule has 0 radical (unpaired) electrons. The number of anilines is 1. The van der Waals surface area contributed by atoms with Gasteiger partial charge in [-0.1, -0.05) is 18.2 Å². The molecule has 3 N–H and O–H groups in total. The van der Waals surface area contributed by atoms with Gasteiger partial charge in [0.1, 0.15) is 0 Å². The van der Waals surface area contributed by atoms with Crippen LogP contribution in [0.5, 0.6) is 0 Å². The second kappa shape index (κ2) is 5.42. The third-order valence-electron chi connectivity index (χ3n) is 2.80. The first-order valence-electron chi connectivity index (χ1n) is 5.51. The molecule has 1 heterocycles. The maximum absolute atomic E-state index is 5.89. The fourth-order valence-electron chi connectivity index (χ4n) is 1.85. The van der Waals surface area contributed by atoms with E-state index in [9.17, 15) is 0 Å². The lowest BCUT2D eigenvalue weighted by Crippen LogP contribution is -2.33. The maximum atomic E-state index is 5.89. The number of nitrogens with one attached hydrogen (secondary N) is 1. The molecule has 1 atom stereocenters. The van der Waals surface area contributed by atoms with Gasteiger partial charge in [-0.05, 0) is 30.2 Å². The number of hydrogen-bond donors (Lipinski definition) is 2. The summed E-state index contributed by atoms with van der Waals surface area (Å²) in [6.45, 7) is 0.901. The van der Waals surface area contributed by atoms with Crippen molar-refractivity contribution in [1.29, 1.82) is 0 Å². The van der Waals surface area contributed by atoms with E-state index in [1.807, 2.05) is 30.0 Å². The van der Waals surface area contributed by atoms with E-state index in [1.165, 1.54) is 29.9 Å². The molecule has 0 aromatic heterocycles. The van der Waals surface area contributed by atoms with Crippen LogP contribution in [0.3, 0.4) is 0 Å². The highest BCUT2D eigenvalue weighted by Gasteiger charge is 2.12. The molecule has 15 heavy (non-hydrogen) atoms. The molecule has 3 heteroatoms. The van der Waals surface area contributed by atoms with Gasteiger partial charge in [-0.2, -0.15) is 11.8 Å². The molecule has 1 unspecified atom stereocenters. The smallest absolute Gasteiger partial charge is 0.0359 e. The first-order valence-corrected chi connectivity index (χ1v) is 6.66. The van der Waals surface area contributed by atoms with Crippen LogP contribution in [-0.4, -0.2) is 17.5 Å². The van der Waals surface area contributed by atoms with Crippen LogP contribution in [0.15, 0.2) is 24.3 Å². The normalized spacial score (nSPS) is 21.5. The summed E-state index contributed by atoms with van der Waals surface area (Å²) >= 11 is 2.05. The molecule has 2 nitrogen and oxygen atoms in total. The van der Waals surface area contributed by atoms with Crippen LogP contribution in [0.1, 0.15) is 18.4 Å². The van der Waals surface area contributed by atoms with Crippen LogP contribution < -0.4 is 11.1 Å². The van der Waals surface area contributed by atoms with Crippen LogP contribution in [0.4, 0.5) is 5.69 Å². The first kappa shape index (κ1) is 10.8. The second-order valence-electron chi connectivity index (χ2n) is 3.99. The Kier molecular flexibility index (Phi) is 3.92. The molecule has 82 valence electrons. The Morgan fingerprint density at radius 3 is 3.00 bits per heavy atom. The van der Waals surface area contributed by atoms with Gasteiger partial charge in [0.2, 0.25) is 0 Å². The zero-order valence-corrected chi connectivity index (χ0v) is 9.72. The topological polar surface area (TPSA) is 38.0 Å². The minimum absolute atomic E-state index is 0.670. The molecule has 0 amide bonds. The molecule has 2 rings (SSSR count). The summed E-state index contributed by atoms with van der Waals surface area (Å²) in [5.74, 6) is 2.57. The molecule has 0 aliphatic carbocycles. The van der Waals surface area contributed by atoms with Crippen molar-refractivity contribution < 1.29 is 0 Å². The summed E-state index contributed by atoms with van der Waals surface area (Å²) in [6, 6.07) is 8.76. The summed E-state index contributed by atoms with van der Waals surface area (Å²) in [4.78, 5) is 0. The predicted molar refractivity (Wildman–Crippen MR) is 68.0 cm³/mol. The molecule has 1 aliphatic rings. The Morgan fingerprint density at radius 1 is 1.40 bits per heavy atom. The Morgan fingerprint density at radius 2 is 2.27 bits per heavy atom. The molecule has 0 spiro atoms. The number of hydrogen-bond acceptors (Lipinski definition) is 3. The van der Waals surface area contributed by atoms with Gasteiger partial charge < -0.3 is 11.1 Å². The minimum Gasteiger partial charge on any atom is -0.398 e. The molecular formula is C12H18N2S. The Labute approximate surface area is 95.6 Å². The molecule has 1 aliphatic heterocycles. The standard InChI is InChI=1S/C12H18N2S/c13-12-6-2-1-4-10(12)8-14-11-5-3-7-15-9-11/h1-2,4,6,11,14H,3,5,7-9,13H2. The van der Waals surface area contributed by atoms with Crippen molar-refractivity contribution in [3.05, 3.63) is 29.8 Å². The maximum Gasteiger partial charge on any atom is 0.0359 e. The average molecular weight is 222 g/mol. The van der Waals surface area contributed by atoms with Crippen LogP contribution in [0.25, 0.3) is 0 Å². The molecule has 0 bridgehead atoms. The summed E-state index contributed by atoms with van der Waals surface area (Å²) in [7, 11) is 0. The third kappa shape index (κ3) is 3.14. The first-order chi connectivity index (χ1) is 7.36. The van der Waals surface area contributed by atoms with E-state index in [2.05, 4.69) is 11.4 Å². The highest BCUT2D eigenvalue weighted by molar-refractivity contribution is 7.99. The molecule has 1 aromatic carbocycles. The van der Waals surface area contributed by atoms with E-state index in [1.54, 1.807) is 0 Å². The van der Waals surface area contributed by atoms with Gasteiger partial charge in [-0.25, -0.2) is 0 Å². The van der Waals surface area contributed by atoms with Crippen molar-refractivity contribution in [2.24, 2.45) is 0 Å². The zero-order valence-electron chi connectivity index (χ0n) is 8.91. The second-order valence-corrected chi connectivity index (χ2v) is 5.14. The van der Waals surface area contributed by atoms with Crippen molar-refractivity contribution in [2.45, 2.75) is 25.4 Å². The van der Waals surface area contributed by atoms with E-state index in [4.69, 9.17) is 5.73 Å². The van der Waals surface area contributed by atoms with E-state index in [0.29, 0.717) is 6.04 Å². The molecule has 1 saturated heterocycles. The van der Waals surface area contributed by atoms with Crippen LogP contribution in [-0.2, 0) is 6.54 Å². The SMILES string of the molecule is Nc1ccccc1CNC1CCCSC1. The summed E-state index contributed by atoms with van der Waals surface area (Å²) in [5, 5.41) is 3.58. The quantitative estimate of drug-likeness (QED) is 0.770. The largest absolute Gasteiger partial charge is 0.398 e. The van der Waals surface area contributed by atoms with Gasteiger partial charge in [-0.3, -0.25) is 0 Å². The minimum atomic E-state index is 0.670. The van der Waals surface area contributed by atoms with Gasteiger partial charge in [0, 0.05) is 24.0 Å². The van der Waals surface area contributed by atoms with Crippen molar-refractivity contribution in [3.63, 3.8) is 0 Å². The Hall–Kier alpha value is -0.670. The Bertz CT molecular complexity index is 308. The molecule has 1 aromatic rings. The van der Waals surface area contributed by atoms with Gasteiger partial charge in [0.05, 0.1) is 0 Å².